The molecule has 5 nitrogen and oxygen atoms in total. The Morgan fingerprint density at radius 2 is 2.24 bits per heavy atom. The van der Waals surface area contributed by atoms with Crippen LogP contribution in [0.5, 0.6) is 5.75 Å². The zero-order valence-corrected chi connectivity index (χ0v) is 12.3. The molecule has 112 valence electrons. The van der Waals surface area contributed by atoms with Crippen molar-refractivity contribution in [3.63, 3.8) is 0 Å². The molecule has 1 aromatic heterocycles. The molecular weight excluding hydrogens is 266 g/mol. The number of hydrogen-bond acceptors (Lipinski definition) is 4. The number of piperidine rings is 3. The lowest BCUT2D eigenvalue weighted by molar-refractivity contribution is -0.118. The van der Waals surface area contributed by atoms with E-state index < -0.39 is 0 Å². The molecule has 1 N–H and O–H groups in total. The van der Waals surface area contributed by atoms with Crippen molar-refractivity contribution in [3.05, 3.63) is 30.1 Å². The number of aromatic nitrogens is 1. The van der Waals surface area contributed by atoms with Gasteiger partial charge in [0.1, 0.15) is 5.75 Å². The summed E-state index contributed by atoms with van der Waals surface area (Å²) in [4.78, 5) is 18.5. The Bertz CT molecular complexity index is 536. The Hall–Kier alpha value is -1.88. The Labute approximate surface area is 125 Å². The van der Waals surface area contributed by atoms with Crippen molar-refractivity contribution in [1.82, 2.24) is 15.2 Å². The van der Waals surface area contributed by atoms with Gasteiger partial charge >= 0.3 is 0 Å². The van der Waals surface area contributed by atoms with Gasteiger partial charge in [-0.15, -0.1) is 0 Å². The number of nitrogens with one attached hydrogen (secondary N) is 1. The summed E-state index contributed by atoms with van der Waals surface area (Å²) in [6.45, 7) is 3.36. The van der Waals surface area contributed by atoms with Crippen LogP contribution >= 0.6 is 0 Å². The molecule has 4 heterocycles. The highest BCUT2D eigenvalue weighted by molar-refractivity contribution is 5.91. The molecule has 21 heavy (non-hydrogen) atoms. The van der Waals surface area contributed by atoms with E-state index in [0.29, 0.717) is 17.7 Å². The molecule has 3 aliphatic rings. The largest absolute Gasteiger partial charge is 0.495 e. The number of carbonyl (C=O) groups excluding carboxylic acids is 1. The van der Waals surface area contributed by atoms with Crippen LogP contribution in [0.1, 0.15) is 18.4 Å². The smallest absolute Gasteiger partial charge is 0.244 e. The van der Waals surface area contributed by atoms with Gasteiger partial charge in [-0.1, -0.05) is 0 Å². The molecule has 3 fully saturated rings. The van der Waals surface area contributed by atoms with Crippen molar-refractivity contribution in [3.8, 4) is 5.75 Å². The third-order valence-corrected chi connectivity index (χ3v) is 4.38. The number of amides is 1. The normalized spacial score (nSPS) is 27.8. The third kappa shape index (κ3) is 3.42. The van der Waals surface area contributed by atoms with Crippen LogP contribution in [-0.4, -0.2) is 48.6 Å². The molecule has 2 bridgehead atoms. The molecule has 0 saturated carbocycles. The Balaban J connectivity index is 1.57. The minimum atomic E-state index is -0.0310. The Morgan fingerprint density at radius 3 is 2.90 bits per heavy atom. The van der Waals surface area contributed by atoms with Gasteiger partial charge in [-0.25, -0.2) is 0 Å². The first-order valence-electron chi connectivity index (χ1n) is 7.44. The van der Waals surface area contributed by atoms with Crippen LogP contribution in [0.15, 0.2) is 24.5 Å². The number of rotatable bonds is 4. The fourth-order valence-electron chi connectivity index (χ4n) is 3.17. The van der Waals surface area contributed by atoms with Crippen molar-refractivity contribution in [2.45, 2.75) is 18.9 Å². The zero-order valence-electron chi connectivity index (χ0n) is 12.3. The van der Waals surface area contributed by atoms with Crippen molar-refractivity contribution in [2.75, 3.05) is 26.7 Å². The molecule has 1 atom stereocenters. The van der Waals surface area contributed by atoms with Crippen LogP contribution in [0.25, 0.3) is 6.08 Å². The first kappa shape index (κ1) is 14.1. The maximum Gasteiger partial charge on any atom is 0.244 e. The van der Waals surface area contributed by atoms with Gasteiger partial charge in [0.25, 0.3) is 0 Å². The highest BCUT2D eigenvalue weighted by Crippen LogP contribution is 2.27. The number of fused-ring (bicyclic) bond motifs is 3. The molecule has 5 heteroatoms. The summed E-state index contributed by atoms with van der Waals surface area (Å²) in [5, 5.41) is 3.13. The molecule has 0 radical (unpaired) electrons. The van der Waals surface area contributed by atoms with E-state index in [2.05, 4.69) is 15.2 Å². The maximum atomic E-state index is 12.0. The van der Waals surface area contributed by atoms with Crippen molar-refractivity contribution >= 4 is 12.0 Å². The lowest BCUT2D eigenvalue weighted by atomic mass is 9.84. The van der Waals surface area contributed by atoms with Gasteiger partial charge in [-0.05, 0) is 49.6 Å². The molecule has 0 aliphatic carbocycles. The quantitative estimate of drug-likeness (QED) is 0.849. The first-order chi connectivity index (χ1) is 10.2. The number of ether oxygens (including phenoxy) is 1. The Kier molecular flexibility index (Phi) is 4.20. The number of pyridine rings is 1. The van der Waals surface area contributed by atoms with Gasteiger partial charge in [-0.2, -0.15) is 0 Å². The van der Waals surface area contributed by atoms with Gasteiger partial charge in [0.05, 0.1) is 13.3 Å². The van der Waals surface area contributed by atoms with E-state index in [9.17, 15) is 4.79 Å². The number of hydrogen-bond donors (Lipinski definition) is 1. The van der Waals surface area contributed by atoms with Crippen LogP contribution in [0, 0.1) is 5.92 Å². The fourth-order valence-corrected chi connectivity index (χ4v) is 3.17. The van der Waals surface area contributed by atoms with Crippen molar-refractivity contribution in [1.29, 1.82) is 0 Å². The molecule has 0 aromatic carbocycles. The van der Waals surface area contributed by atoms with Crippen LogP contribution < -0.4 is 10.1 Å². The highest BCUT2D eigenvalue weighted by atomic mass is 16.5. The monoisotopic (exact) mass is 287 g/mol. The number of carbonyl (C=O) groups is 1. The molecular formula is C16H21N3O2. The predicted molar refractivity (Wildman–Crippen MR) is 80.9 cm³/mol. The zero-order chi connectivity index (χ0) is 14.7. The second-order valence-corrected chi connectivity index (χ2v) is 5.74. The minimum Gasteiger partial charge on any atom is -0.495 e. The predicted octanol–water partition coefficient (Wildman–Crippen LogP) is 1.31. The van der Waals surface area contributed by atoms with Crippen LogP contribution in [0.4, 0.5) is 0 Å². The van der Waals surface area contributed by atoms with E-state index in [-0.39, 0.29) is 5.91 Å². The number of nitrogens with zero attached hydrogens (tertiary/aromatic N) is 2. The lowest BCUT2D eigenvalue weighted by Gasteiger charge is -2.44. The Morgan fingerprint density at radius 1 is 1.43 bits per heavy atom. The summed E-state index contributed by atoms with van der Waals surface area (Å²) < 4.78 is 5.11. The molecule has 1 unspecified atom stereocenters. The summed E-state index contributed by atoms with van der Waals surface area (Å²) >= 11 is 0. The van der Waals surface area contributed by atoms with E-state index in [1.54, 1.807) is 31.7 Å². The molecule has 3 saturated heterocycles. The third-order valence-electron chi connectivity index (χ3n) is 4.38. The average molecular weight is 287 g/mol. The van der Waals surface area contributed by atoms with Crippen LogP contribution in [-0.2, 0) is 4.79 Å². The van der Waals surface area contributed by atoms with Crippen LogP contribution in [0.2, 0.25) is 0 Å². The van der Waals surface area contributed by atoms with E-state index >= 15 is 0 Å². The average Bonchev–Trinajstić information content (AvgIpc) is 2.54. The summed E-state index contributed by atoms with van der Waals surface area (Å²) in [6.07, 6.45) is 9.11. The maximum absolute atomic E-state index is 12.0. The second-order valence-electron chi connectivity index (χ2n) is 5.74. The molecule has 0 spiro atoms. The molecule has 3 aliphatic heterocycles. The summed E-state index contributed by atoms with van der Waals surface area (Å²) in [6, 6.07) is 2.15. The van der Waals surface area contributed by atoms with Crippen molar-refractivity contribution in [2.24, 2.45) is 5.92 Å². The minimum absolute atomic E-state index is 0.0310. The topological polar surface area (TPSA) is 54.5 Å². The first-order valence-corrected chi connectivity index (χ1v) is 7.44. The van der Waals surface area contributed by atoms with Crippen molar-refractivity contribution < 1.29 is 9.53 Å². The molecule has 1 aromatic rings. The standard InChI is InChI=1S/C16H21N3O2/c1-21-14-8-12(9-17-10-14)2-3-16(20)18-15-11-19-6-4-13(15)5-7-19/h2-3,8-10,13,15H,4-7,11H2,1H3,(H,18,20). The summed E-state index contributed by atoms with van der Waals surface area (Å²) in [5.41, 5.74) is 0.860. The molecule has 1 amide bonds. The summed E-state index contributed by atoms with van der Waals surface area (Å²) in [7, 11) is 1.60. The second kappa shape index (κ2) is 6.26. The fraction of sp³-hybridized carbons (Fsp3) is 0.500. The van der Waals surface area contributed by atoms with E-state index in [4.69, 9.17) is 4.74 Å². The lowest BCUT2D eigenvalue weighted by Crippen LogP contribution is -2.57. The molecule has 4 rings (SSSR count). The van der Waals surface area contributed by atoms with Crippen LogP contribution in [0.3, 0.4) is 0 Å². The van der Waals surface area contributed by atoms with Gasteiger partial charge in [-0.3, -0.25) is 9.78 Å². The summed E-state index contributed by atoms with van der Waals surface area (Å²) in [5.74, 6) is 1.30. The number of methoxy groups -OCH3 is 1. The SMILES string of the molecule is COc1cncc(C=CC(=O)NC2CN3CCC2CC3)c1. The van der Waals surface area contributed by atoms with E-state index in [0.717, 1.165) is 12.1 Å². The van der Waals surface area contributed by atoms with Gasteiger partial charge in [0.15, 0.2) is 0 Å². The van der Waals surface area contributed by atoms with E-state index in [1.165, 1.54) is 25.9 Å². The van der Waals surface area contributed by atoms with Gasteiger partial charge in [0, 0.05) is 24.9 Å². The highest BCUT2D eigenvalue weighted by Gasteiger charge is 2.34. The van der Waals surface area contributed by atoms with Gasteiger partial charge in [0.2, 0.25) is 5.91 Å². The van der Waals surface area contributed by atoms with Gasteiger partial charge < -0.3 is 15.0 Å². The van der Waals surface area contributed by atoms with E-state index in [1.807, 2.05) is 6.07 Å².